The van der Waals surface area contributed by atoms with Crippen LogP contribution in [0, 0.1) is 13.8 Å². The van der Waals surface area contributed by atoms with Crippen molar-refractivity contribution < 1.29 is 14.7 Å². The highest BCUT2D eigenvalue weighted by atomic mass is 35.5. The van der Waals surface area contributed by atoms with Crippen LogP contribution in [0.25, 0.3) is 5.76 Å². The van der Waals surface area contributed by atoms with Gasteiger partial charge in [-0.05, 0) is 55.2 Å². The molecule has 4 rings (SSSR count). The van der Waals surface area contributed by atoms with Gasteiger partial charge in [0.15, 0.2) is 5.13 Å². The number of ketones is 1. The quantitative estimate of drug-likeness (QED) is 0.284. The predicted octanol–water partition coefficient (Wildman–Crippen LogP) is 6.16. The van der Waals surface area contributed by atoms with E-state index < -0.39 is 17.7 Å². The fourth-order valence-electron chi connectivity index (χ4n) is 3.73. The van der Waals surface area contributed by atoms with E-state index in [9.17, 15) is 14.7 Å². The highest BCUT2D eigenvalue weighted by Crippen LogP contribution is 2.44. The zero-order valence-corrected chi connectivity index (χ0v) is 19.8. The van der Waals surface area contributed by atoms with Gasteiger partial charge in [-0.2, -0.15) is 0 Å². The molecule has 5 nitrogen and oxygen atoms in total. The number of rotatable bonds is 4. The first-order valence-electron chi connectivity index (χ1n) is 10.3. The topological polar surface area (TPSA) is 70.5 Å². The van der Waals surface area contributed by atoms with E-state index in [0.29, 0.717) is 21.6 Å². The molecule has 0 radical (unpaired) electrons. The van der Waals surface area contributed by atoms with E-state index in [1.807, 2.05) is 38.1 Å². The van der Waals surface area contributed by atoms with Crippen molar-refractivity contribution in [1.82, 2.24) is 4.98 Å². The van der Waals surface area contributed by atoms with E-state index in [-0.39, 0.29) is 11.3 Å². The third kappa shape index (κ3) is 3.85. The molecule has 164 valence electrons. The summed E-state index contributed by atoms with van der Waals surface area (Å²) in [6.07, 6.45) is 0. The molecule has 0 saturated carbocycles. The standard InChI is InChI=1S/C25H23ClN2O3S/c1-13(2)16-5-7-17(8-6-16)21-20(22(29)18-9-11-19(26)12-10-18)23(30)24(31)28(21)25-27-14(3)15(4)32-25/h5-13,21,29H,1-4H3/t21-/m0/s1. The predicted molar refractivity (Wildman–Crippen MR) is 128 cm³/mol. The molecule has 1 aliphatic rings. The number of halogens is 1. The van der Waals surface area contributed by atoms with Gasteiger partial charge < -0.3 is 5.11 Å². The summed E-state index contributed by atoms with van der Waals surface area (Å²) in [7, 11) is 0. The molecular formula is C25H23ClN2O3S. The van der Waals surface area contributed by atoms with Gasteiger partial charge in [-0.15, -0.1) is 11.3 Å². The Balaban J connectivity index is 1.92. The number of benzene rings is 2. The Labute approximate surface area is 196 Å². The molecule has 1 amide bonds. The van der Waals surface area contributed by atoms with Gasteiger partial charge in [-0.25, -0.2) is 4.98 Å². The summed E-state index contributed by atoms with van der Waals surface area (Å²) in [5, 5.41) is 12.1. The largest absolute Gasteiger partial charge is 0.507 e. The zero-order valence-electron chi connectivity index (χ0n) is 18.2. The molecule has 1 aromatic heterocycles. The molecule has 0 bridgehead atoms. The molecule has 1 fully saturated rings. The van der Waals surface area contributed by atoms with Gasteiger partial charge in [0.25, 0.3) is 5.78 Å². The summed E-state index contributed by atoms with van der Waals surface area (Å²) in [4.78, 5) is 33.2. The first-order chi connectivity index (χ1) is 15.2. The van der Waals surface area contributed by atoms with E-state index in [1.54, 1.807) is 24.3 Å². The maximum Gasteiger partial charge on any atom is 0.301 e. The Bertz CT molecular complexity index is 1210. The van der Waals surface area contributed by atoms with Gasteiger partial charge in [-0.3, -0.25) is 14.5 Å². The summed E-state index contributed by atoms with van der Waals surface area (Å²) in [5.41, 5.74) is 3.14. The number of thiazole rings is 1. The highest BCUT2D eigenvalue weighted by molar-refractivity contribution is 7.16. The summed E-state index contributed by atoms with van der Waals surface area (Å²) in [5.74, 6) is -1.33. The average Bonchev–Trinajstić information content (AvgIpc) is 3.23. The fourth-order valence-corrected chi connectivity index (χ4v) is 4.79. The van der Waals surface area contributed by atoms with Crippen LogP contribution in [0.3, 0.4) is 0 Å². The van der Waals surface area contributed by atoms with E-state index in [1.165, 1.54) is 16.2 Å². The van der Waals surface area contributed by atoms with Crippen molar-refractivity contribution in [3.63, 3.8) is 0 Å². The Morgan fingerprint density at radius 2 is 1.69 bits per heavy atom. The number of amides is 1. The van der Waals surface area contributed by atoms with E-state index in [2.05, 4.69) is 18.8 Å². The number of hydrogen-bond acceptors (Lipinski definition) is 5. The molecule has 0 unspecified atom stereocenters. The van der Waals surface area contributed by atoms with Crippen molar-refractivity contribution in [1.29, 1.82) is 0 Å². The van der Waals surface area contributed by atoms with Crippen LogP contribution in [0.4, 0.5) is 5.13 Å². The van der Waals surface area contributed by atoms with Crippen molar-refractivity contribution in [3.05, 3.63) is 86.4 Å². The van der Waals surface area contributed by atoms with Crippen molar-refractivity contribution in [3.8, 4) is 0 Å². The molecule has 1 N–H and O–H groups in total. The van der Waals surface area contributed by atoms with Gasteiger partial charge in [0, 0.05) is 15.5 Å². The second-order valence-electron chi connectivity index (χ2n) is 8.14. The molecule has 1 aliphatic heterocycles. The number of hydrogen-bond donors (Lipinski definition) is 1. The van der Waals surface area contributed by atoms with Gasteiger partial charge >= 0.3 is 5.91 Å². The van der Waals surface area contributed by atoms with Gasteiger partial charge in [-0.1, -0.05) is 49.7 Å². The lowest BCUT2D eigenvalue weighted by atomic mass is 9.93. The van der Waals surface area contributed by atoms with Gasteiger partial charge in [0.05, 0.1) is 17.3 Å². The first-order valence-corrected chi connectivity index (χ1v) is 11.5. The number of nitrogens with zero attached hydrogens (tertiary/aromatic N) is 2. The van der Waals surface area contributed by atoms with E-state index in [4.69, 9.17) is 11.6 Å². The van der Waals surface area contributed by atoms with Crippen LogP contribution in [0.15, 0.2) is 54.1 Å². The third-order valence-electron chi connectivity index (χ3n) is 5.70. The SMILES string of the molecule is Cc1nc(N2C(=O)C(=O)C(=C(O)c3ccc(Cl)cc3)[C@@H]2c2ccc(C(C)C)cc2)sc1C. The monoisotopic (exact) mass is 466 g/mol. The van der Waals surface area contributed by atoms with Crippen LogP contribution in [0.1, 0.15) is 53.1 Å². The number of aliphatic hydroxyl groups is 1. The average molecular weight is 467 g/mol. The number of aryl methyl sites for hydroxylation is 2. The van der Waals surface area contributed by atoms with Crippen molar-refractivity contribution >= 4 is 45.5 Å². The van der Waals surface area contributed by atoms with Crippen LogP contribution in [-0.4, -0.2) is 21.8 Å². The Morgan fingerprint density at radius 3 is 2.22 bits per heavy atom. The van der Waals surface area contributed by atoms with Crippen molar-refractivity contribution in [2.24, 2.45) is 0 Å². The second-order valence-corrected chi connectivity index (χ2v) is 9.75. The van der Waals surface area contributed by atoms with E-state index in [0.717, 1.165) is 21.7 Å². The maximum absolute atomic E-state index is 13.2. The lowest BCUT2D eigenvalue weighted by molar-refractivity contribution is -0.132. The molecule has 7 heteroatoms. The Hall–Kier alpha value is -2.96. The number of carbonyl (C=O) groups is 2. The van der Waals surface area contributed by atoms with Crippen molar-refractivity contribution in [2.75, 3.05) is 4.90 Å². The zero-order chi connectivity index (χ0) is 23.2. The molecule has 2 heterocycles. The summed E-state index contributed by atoms with van der Waals surface area (Å²) in [6, 6.07) is 13.5. The van der Waals surface area contributed by atoms with Crippen LogP contribution < -0.4 is 4.90 Å². The summed E-state index contributed by atoms with van der Waals surface area (Å²) in [6.45, 7) is 7.99. The van der Waals surface area contributed by atoms with Crippen LogP contribution in [-0.2, 0) is 9.59 Å². The van der Waals surface area contributed by atoms with Crippen LogP contribution in [0.5, 0.6) is 0 Å². The van der Waals surface area contributed by atoms with Gasteiger partial charge in [0.2, 0.25) is 0 Å². The minimum atomic E-state index is -0.781. The number of aliphatic hydroxyl groups excluding tert-OH is 1. The molecule has 0 aliphatic carbocycles. The molecular weight excluding hydrogens is 444 g/mol. The third-order valence-corrected chi connectivity index (χ3v) is 7.03. The Kier molecular flexibility index (Phi) is 5.93. The van der Waals surface area contributed by atoms with Gasteiger partial charge in [0.1, 0.15) is 5.76 Å². The fraction of sp³-hybridized carbons (Fsp3) is 0.240. The minimum absolute atomic E-state index is 0.0418. The molecule has 1 saturated heterocycles. The first kappa shape index (κ1) is 22.2. The highest BCUT2D eigenvalue weighted by Gasteiger charge is 2.48. The van der Waals surface area contributed by atoms with Crippen molar-refractivity contribution in [2.45, 2.75) is 39.7 Å². The number of anilines is 1. The number of carbonyl (C=O) groups excluding carboxylic acids is 2. The summed E-state index contributed by atoms with van der Waals surface area (Å²) >= 11 is 7.33. The number of Topliss-reactive ketones (excluding diaryl/α,β-unsaturated/α-hetero) is 1. The van der Waals surface area contributed by atoms with Crippen LogP contribution in [0.2, 0.25) is 5.02 Å². The smallest absolute Gasteiger partial charge is 0.301 e. The molecule has 32 heavy (non-hydrogen) atoms. The normalized spacial score (nSPS) is 18.1. The summed E-state index contributed by atoms with van der Waals surface area (Å²) < 4.78 is 0. The lowest BCUT2D eigenvalue weighted by Crippen LogP contribution is -2.29. The lowest BCUT2D eigenvalue weighted by Gasteiger charge is -2.23. The molecule has 2 aromatic carbocycles. The molecule has 3 aromatic rings. The Morgan fingerprint density at radius 1 is 1.06 bits per heavy atom. The van der Waals surface area contributed by atoms with E-state index >= 15 is 0 Å². The van der Waals surface area contributed by atoms with Crippen LogP contribution >= 0.6 is 22.9 Å². The number of aromatic nitrogens is 1. The second kappa shape index (κ2) is 8.52. The minimum Gasteiger partial charge on any atom is -0.507 e. The molecule has 1 atom stereocenters. The molecule has 0 spiro atoms. The maximum atomic E-state index is 13.2.